The number of rotatable bonds is 9. The maximum atomic E-state index is 5.44. The summed E-state index contributed by atoms with van der Waals surface area (Å²) in [5, 5.41) is 8.19. The minimum absolute atomic E-state index is 0.193. The highest BCUT2D eigenvalue weighted by Gasteiger charge is 2.18. The van der Waals surface area contributed by atoms with E-state index in [9.17, 15) is 0 Å². The zero-order valence-corrected chi connectivity index (χ0v) is 13.0. The predicted molar refractivity (Wildman–Crippen MR) is 79.5 cm³/mol. The first kappa shape index (κ1) is 16.2. The molecular formula is C15H29N3O. The van der Waals surface area contributed by atoms with E-state index in [4.69, 9.17) is 9.84 Å². The molecule has 2 atom stereocenters. The normalized spacial score (nSPS) is 14.8. The Labute approximate surface area is 117 Å². The number of nitrogens with one attached hydrogen (secondary N) is 1. The van der Waals surface area contributed by atoms with Crippen LogP contribution in [0.5, 0.6) is 0 Å². The van der Waals surface area contributed by atoms with Gasteiger partial charge in [0, 0.05) is 25.8 Å². The van der Waals surface area contributed by atoms with Gasteiger partial charge in [0.15, 0.2) is 0 Å². The Morgan fingerprint density at radius 3 is 2.53 bits per heavy atom. The number of aromatic nitrogens is 2. The van der Waals surface area contributed by atoms with E-state index < -0.39 is 0 Å². The summed E-state index contributed by atoms with van der Waals surface area (Å²) in [6, 6.07) is 2.97. The maximum absolute atomic E-state index is 5.44. The van der Waals surface area contributed by atoms with Crippen molar-refractivity contribution in [1.29, 1.82) is 0 Å². The monoisotopic (exact) mass is 267 g/mol. The molecule has 0 spiro atoms. The second-order valence-electron chi connectivity index (χ2n) is 5.07. The quantitative estimate of drug-likeness (QED) is 0.748. The standard InChI is InChI=1S/C15H29N3O/c1-6-14(7-2)18-10-9-13(17-18)11-15(16-8-3)12(4)19-5/h9-10,12,14-16H,6-8,11H2,1-5H3. The molecule has 0 aliphatic rings. The molecule has 0 saturated carbocycles. The lowest BCUT2D eigenvalue weighted by atomic mass is 10.1. The lowest BCUT2D eigenvalue weighted by molar-refractivity contribution is 0.0832. The average molecular weight is 267 g/mol. The highest BCUT2D eigenvalue weighted by Crippen LogP contribution is 2.15. The van der Waals surface area contributed by atoms with Gasteiger partial charge in [0.1, 0.15) is 0 Å². The third-order valence-electron chi connectivity index (χ3n) is 3.81. The third-order valence-corrected chi connectivity index (χ3v) is 3.81. The van der Waals surface area contributed by atoms with Crippen molar-refractivity contribution in [2.75, 3.05) is 13.7 Å². The zero-order valence-electron chi connectivity index (χ0n) is 13.0. The van der Waals surface area contributed by atoms with Crippen LogP contribution >= 0.6 is 0 Å². The Morgan fingerprint density at radius 2 is 2.00 bits per heavy atom. The molecule has 0 aliphatic carbocycles. The molecule has 1 rings (SSSR count). The molecule has 19 heavy (non-hydrogen) atoms. The number of nitrogens with zero attached hydrogens (tertiary/aromatic N) is 2. The van der Waals surface area contributed by atoms with Gasteiger partial charge in [0.2, 0.25) is 0 Å². The first-order valence-corrected chi connectivity index (χ1v) is 7.46. The molecule has 1 N–H and O–H groups in total. The van der Waals surface area contributed by atoms with Crippen molar-refractivity contribution in [2.45, 2.75) is 65.1 Å². The highest BCUT2D eigenvalue weighted by atomic mass is 16.5. The Balaban J connectivity index is 2.69. The van der Waals surface area contributed by atoms with E-state index in [1.165, 1.54) is 0 Å². The van der Waals surface area contributed by atoms with Crippen molar-refractivity contribution >= 4 is 0 Å². The smallest absolute Gasteiger partial charge is 0.0700 e. The summed E-state index contributed by atoms with van der Waals surface area (Å²) in [4.78, 5) is 0. The van der Waals surface area contributed by atoms with Crippen LogP contribution < -0.4 is 5.32 Å². The molecule has 1 aromatic rings. The maximum Gasteiger partial charge on any atom is 0.0700 e. The zero-order chi connectivity index (χ0) is 14.3. The van der Waals surface area contributed by atoms with Gasteiger partial charge in [-0.2, -0.15) is 5.10 Å². The van der Waals surface area contributed by atoms with E-state index >= 15 is 0 Å². The molecule has 110 valence electrons. The molecule has 0 saturated heterocycles. The van der Waals surface area contributed by atoms with E-state index in [0.29, 0.717) is 12.1 Å². The Morgan fingerprint density at radius 1 is 1.32 bits per heavy atom. The summed E-state index contributed by atoms with van der Waals surface area (Å²) in [7, 11) is 1.76. The van der Waals surface area contributed by atoms with Gasteiger partial charge in [0.05, 0.1) is 17.8 Å². The first-order valence-electron chi connectivity index (χ1n) is 7.46. The Kier molecular flexibility index (Phi) is 7.10. The van der Waals surface area contributed by atoms with Crippen LogP contribution in [0.3, 0.4) is 0 Å². The van der Waals surface area contributed by atoms with Crippen molar-refractivity contribution in [2.24, 2.45) is 0 Å². The van der Waals surface area contributed by atoms with Crippen LogP contribution in [0.15, 0.2) is 12.3 Å². The van der Waals surface area contributed by atoms with Crippen LogP contribution in [-0.2, 0) is 11.2 Å². The van der Waals surface area contributed by atoms with Gasteiger partial charge < -0.3 is 10.1 Å². The van der Waals surface area contributed by atoms with Gasteiger partial charge in [-0.25, -0.2) is 0 Å². The van der Waals surface area contributed by atoms with Gasteiger partial charge in [-0.3, -0.25) is 4.68 Å². The van der Waals surface area contributed by atoms with Crippen molar-refractivity contribution < 1.29 is 4.74 Å². The number of ether oxygens (including phenoxy) is 1. The molecular weight excluding hydrogens is 238 g/mol. The van der Waals surface area contributed by atoms with E-state index in [1.807, 2.05) is 0 Å². The minimum Gasteiger partial charge on any atom is -0.380 e. The number of methoxy groups -OCH3 is 1. The van der Waals surface area contributed by atoms with Gasteiger partial charge in [-0.15, -0.1) is 0 Å². The highest BCUT2D eigenvalue weighted by molar-refractivity contribution is 5.03. The summed E-state index contributed by atoms with van der Waals surface area (Å²) in [5.41, 5.74) is 1.14. The topological polar surface area (TPSA) is 39.1 Å². The predicted octanol–water partition coefficient (Wildman–Crippen LogP) is 2.80. The van der Waals surface area contributed by atoms with Gasteiger partial charge in [0.25, 0.3) is 0 Å². The fourth-order valence-electron chi connectivity index (χ4n) is 2.41. The number of hydrogen-bond acceptors (Lipinski definition) is 3. The molecule has 1 heterocycles. The molecule has 0 radical (unpaired) electrons. The third kappa shape index (κ3) is 4.62. The van der Waals surface area contributed by atoms with Crippen molar-refractivity contribution in [1.82, 2.24) is 15.1 Å². The van der Waals surface area contributed by atoms with E-state index in [2.05, 4.69) is 50.0 Å². The van der Waals surface area contributed by atoms with Crippen molar-refractivity contribution in [3.8, 4) is 0 Å². The van der Waals surface area contributed by atoms with Crippen molar-refractivity contribution in [3.63, 3.8) is 0 Å². The molecule has 0 amide bonds. The van der Waals surface area contributed by atoms with Crippen LogP contribution in [-0.4, -0.2) is 35.6 Å². The lowest BCUT2D eigenvalue weighted by Crippen LogP contribution is -2.41. The van der Waals surface area contributed by atoms with Crippen LogP contribution in [0.4, 0.5) is 0 Å². The summed E-state index contributed by atoms with van der Waals surface area (Å²) in [6.45, 7) is 9.60. The molecule has 4 heteroatoms. The van der Waals surface area contributed by atoms with Crippen LogP contribution in [0, 0.1) is 0 Å². The summed E-state index contributed by atoms with van der Waals surface area (Å²) >= 11 is 0. The second kappa shape index (κ2) is 8.33. The van der Waals surface area contributed by atoms with Gasteiger partial charge in [-0.05, 0) is 32.4 Å². The van der Waals surface area contributed by atoms with E-state index in [0.717, 1.165) is 31.5 Å². The molecule has 0 fully saturated rings. The molecule has 1 aromatic heterocycles. The van der Waals surface area contributed by atoms with Crippen LogP contribution in [0.25, 0.3) is 0 Å². The van der Waals surface area contributed by atoms with Crippen molar-refractivity contribution in [3.05, 3.63) is 18.0 Å². The molecule has 4 nitrogen and oxygen atoms in total. The molecule has 0 aliphatic heterocycles. The Hall–Kier alpha value is -0.870. The SMILES string of the molecule is CCNC(Cc1ccn(C(CC)CC)n1)C(C)OC. The summed E-state index contributed by atoms with van der Waals surface area (Å²) < 4.78 is 7.54. The van der Waals surface area contributed by atoms with E-state index in [1.54, 1.807) is 7.11 Å². The fourth-order valence-corrected chi connectivity index (χ4v) is 2.41. The number of hydrogen-bond donors (Lipinski definition) is 1. The number of likely N-dealkylation sites (N-methyl/N-ethyl adjacent to an activating group) is 1. The van der Waals surface area contributed by atoms with Crippen LogP contribution in [0.2, 0.25) is 0 Å². The van der Waals surface area contributed by atoms with E-state index in [-0.39, 0.29) is 6.10 Å². The second-order valence-corrected chi connectivity index (χ2v) is 5.07. The van der Waals surface area contributed by atoms with Gasteiger partial charge >= 0.3 is 0 Å². The molecule has 2 unspecified atom stereocenters. The lowest BCUT2D eigenvalue weighted by Gasteiger charge is -2.22. The van der Waals surface area contributed by atoms with Gasteiger partial charge in [-0.1, -0.05) is 20.8 Å². The Bertz CT molecular complexity index is 347. The average Bonchev–Trinajstić information content (AvgIpc) is 2.87. The van der Waals surface area contributed by atoms with Crippen LogP contribution in [0.1, 0.15) is 52.3 Å². The molecule has 0 aromatic carbocycles. The molecule has 0 bridgehead atoms. The fraction of sp³-hybridized carbons (Fsp3) is 0.800. The largest absolute Gasteiger partial charge is 0.380 e. The first-order chi connectivity index (χ1) is 9.15. The summed E-state index contributed by atoms with van der Waals surface area (Å²) in [5.74, 6) is 0. The minimum atomic E-state index is 0.193. The summed E-state index contributed by atoms with van der Waals surface area (Å²) in [6.07, 6.45) is 5.47.